The molecule has 0 aliphatic carbocycles. The van der Waals surface area contributed by atoms with E-state index < -0.39 is 0 Å². The van der Waals surface area contributed by atoms with Crippen molar-refractivity contribution in [3.8, 4) is 0 Å². The van der Waals surface area contributed by atoms with Crippen LogP contribution in [0, 0.1) is 11.8 Å². The van der Waals surface area contributed by atoms with Crippen molar-refractivity contribution in [2.24, 2.45) is 11.8 Å². The van der Waals surface area contributed by atoms with Crippen LogP contribution in [0.1, 0.15) is 32.3 Å². The lowest BCUT2D eigenvalue weighted by Crippen LogP contribution is -2.31. The molecule has 1 heterocycles. The molecule has 1 aromatic rings. The van der Waals surface area contributed by atoms with Gasteiger partial charge in [-0.25, -0.2) is 0 Å². The fraction of sp³-hybridized carbons (Fsp3) is 0.533. The van der Waals surface area contributed by atoms with Crippen molar-refractivity contribution < 1.29 is 4.79 Å². The van der Waals surface area contributed by atoms with Crippen molar-refractivity contribution in [2.45, 2.75) is 39.2 Å². The maximum absolute atomic E-state index is 11.5. The number of benzene rings is 1. The van der Waals surface area contributed by atoms with E-state index in [0.29, 0.717) is 24.3 Å². The Morgan fingerprint density at radius 2 is 2.00 bits per heavy atom. The van der Waals surface area contributed by atoms with Crippen molar-refractivity contribution in [3.05, 3.63) is 35.9 Å². The van der Waals surface area contributed by atoms with E-state index in [2.05, 4.69) is 43.4 Å². The van der Waals surface area contributed by atoms with Gasteiger partial charge in [-0.15, -0.1) is 0 Å². The number of nitrogens with one attached hydrogen (secondary N) is 1. The molecule has 1 aromatic carbocycles. The Balaban J connectivity index is 2.01. The molecule has 1 saturated heterocycles. The Hall–Kier alpha value is -1.31. The SMILES string of the molecule is CC(C)CC1NC(=O)CC1Cc1ccccc1. The Morgan fingerprint density at radius 3 is 2.65 bits per heavy atom. The third-order valence-electron chi connectivity index (χ3n) is 3.43. The number of hydrogen-bond donors (Lipinski definition) is 1. The van der Waals surface area contributed by atoms with E-state index in [0.717, 1.165) is 12.8 Å². The molecule has 2 unspecified atom stereocenters. The van der Waals surface area contributed by atoms with Crippen molar-refractivity contribution >= 4 is 5.91 Å². The van der Waals surface area contributed by atoms with Crippen LogP contribution < -0.4 is 5.32 Å². The second kappa shape index (κ2) is 5.35. The zero-order chi connectivity index (χ0) is 12.3. The van der Waals surface area contributed by atoms with Crippen LogP contribution in [0.2, 0.25) is 0 Å². The van der Waals surface area contributed by atoms with Crippen LogP contribution in [0.25, 0.3) is 0 Å². The fourth-order valence-corrected chi connectivity index (χ4v) is 2.65. The maximum Gasteiger partial charge on any atom is 0.220 e. The molecule has 1 amide bonds. The molecule has 1 aliphatic rings. The predicted octanol–water partition coefficient (Wildman–Crippen LogP) is 2.78. The molecular weight excluding hydrogens is 210 g/mol. The first-order chi connectivity index (χ1) is 8.15. The third kappa shape index (κ3) is 3.32. The minimum Gasteiger partial charge on any atom is -0.353 e. The molecule has 92 valence electrons. The van der Waals surface area contributed by atoms with Gasteiger partial charge in [0, 0.05) is 12.5 Å². The van der Waals surface area contributed by atoms with Crippen molar-refractivity contribution in [3.63, 3.8) is 0 Å². The van der Waals surface area contributed by atoms with Crippen LogP contribution in [0.4, 0.5) is 0 Å². The zero-order valence-corrected chi connectivity index (χ0v) is 10.6. The Bertz CT molecular complexity index is 372. The Kier molecular flexibility index (Phi) is 3.82. The number of carbonyl (C=O) groups excluding carboxylic acids is 1. The van der Waals surface area contributed by atoms with E-state index in [1.54, 1.807) is 0 Å². The first-order valence-electron chi connectivity index (χ1n) is 6.48. The van der Waals surface area contributed by atoms with Gasteiger partial charge in [-0.1, -0.05) is 44.2 Å². The van der Waals surface area contributed by atoms with Crippen molar-refractivity contribution in [2.75, 3.05) is 0 Å². The fourth-order valence-electron chi connectivity index (χ4n) is 2.65. The van der Waals surface area contributed by atoms with Gasteiger partial charge in [-0.05, 0) is 30.2 Å². The smallest absolute Gasteiger partial charge is 0.220 e. The number of amides is 1. The summed E-state index contributed by atoms with van der Waals surface area (Å²) >= 11 is 0. The van der Waals surface area contributed by atoms with Gasteiger partial charge in [0.1, 0.15) is 0 Å². The van der Waals surface area contributed by atoms with Gasteiger partial charge in [-0.2, -0.15) is 0 Å². The summed E-state index contributed by atoms with van der Waals surface area (Å²) in [5.41, 5.74) is 1.34. The first kappa shape index (κ1) is 12.2. The number of hydrogen-bond acceptors (Lipinski definition) is 1. The quantitative estimate of drug-likeness (QED) is 0.848. The lowest BCUT2D eigenvalue weighted by Gasteiger charge is -2.20. The summed E-state index contributed by atoms with van der Waals surface area (Å²) < 4.78 is 0. The van der Waals surface area contributed by atoms with Gasteiger partial charge in [0.25, 0.3) is 0 Å². The molecule has 1 fully saturated rings. The van der Waals surface area contributed by atoms with Gasteiger partial charge < -0.3 is 5.32 Å². The molecule has 1 N–H and O–H groups in total. The van der Waals surface area contributed by atoms with Gasteiger partial charge >= 0.3 is 0 Å². The molecule has 0 bridgehead atoms. The lowest BCUT2D eigenvalue weighted by molar-refractivity contribution is -0.119. The summed E-state index contributed by atoms with van der Waals surface area (Å²) in [5, 5.41) is 3.12. The Labute approximate surface area is 103 Å². The highest BCUT2D eigenvalue weighted by Gasteiger charge is 2.32. The summed E-state index contributed by atoms with van der Waals surface area (Å²) in [6.07, 6.45) is 2.78. The molecule has 2 rings (SSSR count). The van der Waals surface area contributed by atoms with Gasteiger partial charge in [0.15, 0.2) is 0 Å². The monoisotopic (exact) mass is 231 g/mol. The molecule has 0 radical (unpaired) electrons. The summed E-state index contributed by atoms with van der Waals surface area (Å²) in [6.45, 7) is 4.42. The average Bonchev–Trinajstić information content (AvgIpc) is 2.59. The van der Waals surface area contributed by atoms with Crippen LogP contribution >= 0.6 is 0 Å². The average molecular weight is 231 g/mol. The second-order valence-electron chi connectivity index (χ2n) is 5.46. The van der Waals surface area contributed by atoms with Crippen molar-refractivity contribution in [1.82, 2.24) is 5.32 Å². The van der Waals surface area contributed by atoms with Gasteiger partial charge in [0.05, 0.1) is 0 Å². The van der Waals surface area contributed by atoms with Crippen LogP contribution in [0.15, 0.2) is 30.3 Å². The molecule has 2 atom stereocenters. The highest BCUT2D eigenvalue weighted by atomic mass is 16.2. The molecule has 0 spiro atoms. The third-order valence-corrected chi connectivity index (χ3v) is 3.43. The van der Waals surface area contributed by atoms with Crippen LogP contribution in [-0.4, -0.2) is 11.9 Å². The summed E-state index contributed by atoms with van der Waals surface area (Å²) in [7, 11) is 0. The normalized spacial score (nSPS) is 24.1. The highest BCUT2D eigenvalue weighted by molar-refractivity contribution is 5.79. The molecule has 17 heavy (non-hydrogen) atoms. The molecule has 1 aliphatic heterocycles. The topological polar surface area (TPSA) is 29.1 Å². The van der Waals surface area contributed by atoms with E-state index >= 15 is 0 Å². The van der Waals surface area contributed by atoms with E-state index in [1.807, 2.05) is 6.07 Å². The van der Waals surface area contributed by atoms with E-state index in [1.165, 1.54) is 5.56 Å². The minimum atomic E-state index is 0.219. The Morgan fingerprint density at radius 1 is 1.29 bits per heavy atom. The summed E-state index contributed by atoms with van der Waals surface area (Å²) in [5.74, 6) is 1.32. The number of rotatable bonds is 4. The molecule has 2 heteroatoms. The molecular formula is C15H21NO. The van der Waals surface area contributed by atoms with Crippen LogP contribution in [0.3, 0.4) is 0 Å². The maximum atomic E-state index is 11.5. The van der Waals surface area contributed by atoms with Gasteiger partial charge in [0.2, 0.25) is 5.91 Å². The number of carbonyl (C=O) groups is 1. The van der Waals surface area contributed by atoms with E-state index in [-0.39, 0.29) is 5.91 Å². The predicted molar refractivity (Wildman–Crippen MR) is 69.6 cm³/mol. The molecule has 0 aromatic heterocycles. The molecule has 2 nitrogen and oxygen atoms in total. The highest BCUT2D eigenvalue weighted by Crippen LogP contribution is 2.25. The van der Waals surface area contributed by atoms with Crippen LogP contribution in [0.5, 0.6) is 0 Å². The van der Waals surface area contributed by atoms with E-state index in [4.69, 9.17) is 0 Å². The van der Waals surface area contributed by atoms with Gasteiger partial charge in [-0.3, -0.25) is 4.79 Å². The van der Waals surface area contributed by atoms with Crippen molar-refractivity contribution in [1.29, 1.82) is 0 Å². The first-order valence-corrected chi connectivity index (χ1v) is 6.48. The largest absolute Gasteiger partial charge is 0.353 e. The zero-order valence-electron chi connectivity index (χ0n) is 10.6. The minimum absolute atomic E-state index is 0.219. The molecule has 0 saturated carbocycles. The second-order valence-corrected chi connectivity index (χ2v) is 5.46. The standard InChI is InChI=1S/C15H21NO/c1-11(2)8-14-13(10-15(17)16-14)9-12-6-4-3-5-7-12/h3-7,11,13-14H,8-10H2,1-2H3,(H,16,17). The van der Waals surface area contributed by atoms with E-state index in [9.17, 15) is 4.79 Å². The summed E-state index contributed by atoms with van der Waals surface area (Å²) in [4.78, 5) is 11.5. The van der Waals surface area contributed by atoms with Crippen LogP contribution in [-0.2, 0) is 11.2 Å². The lowest BCUT2D eigenvalue weighted by atomic mass is 9.88. The summed E-state index contributed by atoms with van der Waals surface area (Å²) in [6, 6.07) is 10.8.